The maximum atomic E-state index is 14.2. The van der Waals surface area contributed by atoms with E-state index in [1.54, 1.807) is 24.1 Å². The largest absolute Gasteiger partial charge is 0.368 e. The van der Waals surface area contributed by atoms with Gasteiger partial charge in [-0.2, -0.15) is 4.98 Å². The molecule has 0 spiro atoms. The van der Waals surface area contributed by atoms with E-state index in [0.29, 0.717) is 40.4 Å². The van der Waals surface area contributed by atoms with Crippen molar-refractivity contribution in [2.24, 2.45) is 0 Å². The summed E-state index contributed by atoms with van der Waals surface area (Å²) in [5.74, 6) is 0.0397. The molecule has 4 aromatic heterocycles. The summed E-state index contributed by atoms with van der Waals surface area (Å²) in [6, 6.07) is 11.6. The number of aromatic nitrogens is 5. The van der Waals surface area contributed by atoms with Gasteiger partial charge in [-0.3, -0.25) is 24.1 Å². The Labute approximate surface area is 287 Å². The quantitative estimate of drug-likeness (QED) is 0.243. The number of aryl methyl sites for hydroxylation is 1. The zero-order chi connectivity index (χ0) is 34.1. The van der Waals surface area contributed by atoms with Gasteiger partial charge < -0.3 is 20.4 Å². The van der Waals surface area contributed by atoms with E-state index in [1.807, 2.05) is 18.2 Å². The van der Waals surface area contributed by atoms with Crippen molar-refractivity contribution < 1.29 is 13.2 Å². The Kier molecular flexibility index (Phi) is 9.01. The van der Waals surface area contributed by atoms with Crippen molar-refractivity contribution in [3.8, 4) is 11.3 Å². The number of hydrogen-bond acceptors (Lipinski definition) is 11. The highest BCUT2D eigenvalue weighted by Gasteiger charge is 2.24. The summed E-state index contributed by atoms with van der Waals surface area (Å²) in [7, 11) is -3.86. The molecular formula is C34H34ClN9O4S. The van der Waals surface area contributed by atoms with Crippen LogP contribution < -0.4 is 21.1 Å². The van der Waals surface area contributed by atoms with Crippen molar-refractivity contribution in [3.05, 3.63) is 88.2 Å². The molecular weight excluding hydrogens is 666 g/mol. The van der Waals surface area contributed by atoms with Gasteiger partial charge in [-0.25, -0.2) is 13.4 Å². The number of nitrogens with zero attached hydrogens (tertiary/aromatic N) is 7. The van der Waals surface area contributed by atoms with Crippen molar-refractivity contribution in [1.29, 1.82) is 0 Å². The lowest BCUT2D eigenvalue weighted by molar-refractivity contribution is -0.130. The highest BCUT2D eigenvalue weighted by atomic mass is 35.5. The highest BCUT2D eigenvalue weighted by Crippen LogP contribution is 2.31. The van der Waals surface area contributed by atoms with Gasteiger partial charge in [-0.05, 0) is 67.8 Å². The van der Waals surface area contributed by atoms with Crippen molar-refractivity contribution in [2.75, 3.05) is 49.5 Å². The van der Waals surface area contributed by atoms with Crippen molar-refractivity contribution in [1.82, 2.24) is 34.7 Å². The normalized spacial score (nSPS) is 15.1. The molecule has 0 aliphatic carbocycles. The minimum absolute atomic E-state index is 0.00889. The van der Waals surface area contributed by atoms with E-state index >= 15 is 0 Å². The first-order valence-electron chi connectivity index (χ1n) is 16.0. The van der Waals surface area contributed by atoms with Crippen LogP contribution in [0.15, 0.2) is 81.8 Å². The van der Waals surface area contributed by atoms with Gasteiger partial charge in [0.05, 0.1) is 31.8 Å². The summed E-state index contributed by atoms with van der Waals surface area (Å²) in [4.78, 5) is 49.2. The number of anilines is 3. The van der Waals surface area contributed by atoms with E-state index < -0.39 is 15.4 Å². The predicted octanol–water partition coefficient (Wildman–Crippen LogP) is 3.82. The van der Waals surface area contributed by atoms with Gasteiger partial charge in [0, 0.05) is 75.1 Å². The molecule has 1 aromatic carbocycles. The van der Waals surface area contributed by atoms with Gasteiger partial charge in [-0.15, -0.1) is 0 Å². The number of fused-ring (bicyclic) bond motifs is 1. The van der Waals surface area contributed by atoms with Crippen LogP contribution in [0, 0.1) is 6.92 Å². The van der Waals surface area contributed by atoms with Crippen LogP contribution in [0.3, 0.4) is 0 Å². The third-order valence-electron chi connectivity index (χ3n) is 8.82. The number of nitrogens with one attached hydrogen (secondary N) is 2. The smallest absolute Gasteiger partial charge is 0.262 e. The van der Waals surface area contributed by atoms with Crippen LogP contribution in [0.5, 0.6) is 0 Å². The van der Waals surface area contributed by atoms with E-state index in [9.17, 15) is 18.0 Å². The van der Waals surface area contributed by atoms with Gasteiger partial charge in [0.2, 0.25) is 21.7 Å². The molecule has 2 aliphatic rings. The molecule has 0 saturated carbocycles. The lowest BCUT2D eigenvalue weighted by Gasteiger charge is -2.30. The summed E-state index contributed by atoms with van der Waals surface area (Å²) < 4.78 is 27.8. The van der Waals surface area contributed by atoms with E-state index in [4.69, 9.17) is 16.6 Å². The van der Waals surface area contributed by atoms with Gasteiger partial charge in [-0.1, -0.05) is 11.6 Å². The molecule has 6 heterocycles. The maximum absolute atomic E-state index is 14.2. The second-order valence-corrected chi connectivity index (χ2v) is 14.4. The lowest BCUT2D eigenvalue weighted by atomic mass is 10.1. The van der Waals surface area contributed by atoms with Crippen LogP contribution in [0.2, 0.25) is 5.02 Å². The number of halogens is 1. The number of likely N-dealkylation sites (tertiary alicyclic amines) is 1. The summed E-state index contributed by atoms with van der Waals surface area (Å²) in [6.07, 6.45) is 7.45. The zero-order valence-corrected chi connectivity index (χ0v) is 28.3. The number of carbonyl (C=O) groups is 1. The third-order valence-corrected chi connectivity index (χ3v) is 10.9. The van der Waals surface area contributed by atoms with E-state index in [0.717, 1.165) is 44.7 Å². The Morgan fingerprint density at radius 1 is 0.959 bits per heavy atom. The first-order chi connectivity index (χ1) is 23.7. The van der Waals surface area contributed by atoms with Crippen LogP contribution in [-0.2, 0) is 21.2 Å². The Morgan fingerprint density at radius 3 is 2.43 bits per heavy atom. The molecule has 15 heteroatoms. The van der Waals surface area contributed by atoms with Crippen LogP contribution >= 0.6 is 11.6 Å². The number of hydrogen-bond donors (Lipinski definition) is 2. The first-order valence-corrected chi connectivity index (χ1v) is 17.9. The number of piperazine rings is 1. The first kappa shape index (κ1) is 32.6. The monoisotopic (exact) mass is 699 g/mol. The molecule has 1 amide bonds. The van der Waals surface area contributed by atoms with E-state index in [1.165, 1.54) is 41.4 Å². The van der Waals surface area contributed by atoms with Gasteiger partial charge in [0.1, 0.15) is 12.2 Å². The average molecular weight is 700 g/mol. The summed E-state index contributed by atoms with van der Waals surface area (Å²) >= 11 is 6.67. The minimum Gasteiger partial charge on any atom is -0.368 e. The number of sulfone groups is 1. The Morgan fingerprint density at radius 2 is 1.71 bits per heavy atom. The number of rotatable bonds is 8. The fraction of sp³-hybridized carbons (Fsp3) is 0.294. The van der Waals surface area contributed by atoms with Gasteiger partial charge >= 0.3 is 0 Å². The van der Waals surface area contributed by atoms with Crippen LogP contribution in [0.1, 0.15) is 18.4 Å². The minimum atomic E-state index is -3.86. The molecule has 13 nitrogen and oxygen atoms in total. The van der Waals surface area contributed by atoms with Crippen LogP contribution in [0.4, 0.5) is 17.3 Å². The number of pyridine rings is 3. The van der Waals surface area contributed by atoms with Gasteiger partial charge in [0.15, 0.2) is 0 Å². The fourth-order valence-electron chi connectivity index (χ4n) is 6.24. The van der Waals surface area contributed by atoms with Crippen LogP contribution in [-0.4, -0.2) is 83.0 Å². The lowest BCUT2D eigenvalue weighted by Crippen LogP contribution is -2.43. The Hall–Kier alpha value is -4.92. The van der Waals surface area contributed by atoms with Crippen molar-refractivity contribution >= 4 is 55.7 Å². The summed E-state index contributed by atoms with van der Waals surface area (Å²) in [6.45, 7) is 6.23. The standard InChI is InChI=1S/C34H34ClN9O4S/c1-22-16-26(49(47,48)25-6-8-36-9-7-25)20-38-31(22)27-17-23-19-39-34(40-24-4-5-29(28(35)18-24)42-14-10-37-11-15-42)41-32(23)44(33(27)46)21-30(45)43-12-2-3-13-43/h4-9,16-20,37H,2-3,10-15,21H2,1H3,(H,39,40,41). The highest BCUT2D eigenvalue weighted by molar-refractivity contribution is 7.91. The molecule has 2 aliphatic heterocycles. The molecule has 252 valence electrons. The van der Waals surface area contributed by atoms with Crippen molar-refractivity contribution in [3.63, 3.8) is 0 Å². The Balaban J connectivity index is 1.26. The third kappa shape index (κ3) is 6.58. The topological polar surface area (TPSA) is 155 Å². The maximum Gasteiger partial charge on any atom is 0.262 e. The number of carbonyl (C=O) groups excluding carboxylic acids is 1. The molecule has 0 radical (unpaired) electrons. The second-order valence-electron chi connectivity index (χ2n) is 12.1. The summed E-state index contributed by atoms with van der Waals surface area (Å²) in [5, 5.41) is 7.63. The fourth-order valence-corrected chi connectivity index (χ4v) is 7.82. The zero-order valence-electron chi connectivity index (χ0n) is 26.8. The molecule has 2 N–H and O–H groups in total. The van der Waals surface area contributed by atoms with Crippen LogP contribution in [0.25, 0.3) is 22.3 Å². The van der Waals surface area contributed by atoms with Crippen molar-refractivity contribution in [2.45, 2.75) is 36.1 Å². The summed E-state index contributed by atoms with van der Waals surface area (Å²) in [5.41, 5.74) is 2.39. The average Bonchev–Trinajstić information content (AvgIpc) is 3.66. The molecule has 0 unspecified atom stereocenters. The molecule has 0 atom stereocenters. The molecule has 2 fully saturated rings. The molecule has 7 rings (SSSR count). The molecule has 49 heavy (non-hydrogen) atoms. The SMILES string of the molecule is Cc1cc(S(=O)(=O)c2ccncc2)cnc1-c1cc2cnc(Nc3ccc(N4CCNCC4)c(Cl)c3)nc2n(CC(=O)N2CCCC2)c1=O. The second kappa shape index (κ2) is 13.5. The number of benzene rings is 1. The number of amides is 1. The van der Waals surface area contributed by atoms with E-state index in [2.05, 4.69) is 30.5 Å². The molecule has 5 aromatic rings. The Bertz CT molecular complexity index is 2220. The molecule has 2 saturated heterocycles. The van der Waals surface area contributed by atoms with E-state index in [-0.39, 0.29) is 39.4 Å². The molecule has 0 bridgehead atoms. The predicted molar refractivity (Wildman–Crippen MR) is 187 cm³/mol. The van der Waals surface area contributed by atoms with Gasteiger partial charge in [0.25, 0.3) is 5.56 Å².